The number of benzene rings is 2. The first-order chi connectivity index (χ1) is 8.24. The third kappa shape index (κ3) is 2.56. The predicted molar refractivity (Wildman–Crippen MR) is 71.5 cm³/mol. The number of hydrogen-bond acceptors (Lipinski definition) is 2. The first-order valence-electron chi connectivity index (χ1n) is 5.14. The van der Waals surface area contributed by atoms with Gasteiger partial charge in [-0.05, 0) is 45.3 Å². The maximum atomic E-state index is 10.7. The minimum atomic E-state index is 0.671. The summed E-state index contributed by atoms with van der Waals surface area (Å²) in [6.07, 6.45) is 0.847. The van der Waals surface area contributed by atoms with Crippen LogP contribution in [0, 0.1) is 0 Å². The molecule has 2 aromatic rings. The van der Waals surface area contributed by atoms with Crippen molar-refractivity contribution in [2.24, 2.45) is 0 Å². The Labute approximate surface area is 108 Å². The molecule has 2 rings (SSSR count). The van der Waals surface area contributed by atoms with Crippen LogP contribution < -0.4 is 4.74 Å². The lowest BCUT2D eigenvalue weighted by molar-refractivity contribution is 0.112. The van der Waals surface area contributed by atoms with E-state index in [-0.39, 0.29) is 0 Å². The smallest absolute Gasteiger partial charge is 0.150 e. The van der Waals surface area contributed by atoms with Gasteiger partial charge in [0.15, 0.2) is 0 Å². The van der Waals surface area contributed by atoms with Crippen LogP contribution >= 0.6 is 15.9 Å². The molecule has 0 bridgehead atoms. The van der Waals surface area contributed by atoms with Crippen molar-refractivity contribution < 1.29 is 9.53 Å². The van der Waals surface area contributed by atoms with Gasteiger partial charge in [-0.1, -0.05) is 24.3 Å². The van der Waals surface area contributed by atoms with E-state index in [2.05, 4.69) is 15.9 Å². The van der Waals surface area contributed by atoms with Crippen LogP contribution in [-0.4, -0.2) is 13.4 Å². The van der Waals surface area contributed by atoms with Crippen LogP contribution in [0.5, 0.6) is 5.75 Å². The third-order valence-corrected chi connectivity index (χ3v) is 3.16. The van der Waals surface area contributed by atoms with Crippen LogP contribution in [0.4, 0.5) is 0 Å². The number of ether oxygens (including phenoxy) is 1. The molecule has 0 saturated carbocycles. The van der Waals surface area contributed by atoms with Crippen molar-refractivity contribution in [3.05, 3.63) is 52.5 Å². The Hall–Kier alpha value is -1.61. The quantitative estimate of drug-likeness (QED) is 0.801. The van der Waals surface area contributed by atoms with Gasteiger partial charge in [0.1, 0.15) is 12.0 Å². The summed E-state index contributed by atoms with van der Waals surface area (Å²) >= 11 is 3.41. The zero-order valence-corrected chi connectivity index (χ0v) is 10.9. The molecule has 2 nitrogen and oxygen atoms in total. The second-order valence-corrected chi connectivity index (χ2v) is 4.45. The summed E-state index contributed by atoms with van der Waals surface area (Å²) in [7, 11) is 1.63. The van der Waals surface area contributed by atoms with E-state index in [1.165, 1.54) is 0 Å². The molecular formula is C14H11BrO2. The summed E-state index contributed by atoms with van der Waals surface area (Å²) in [4.78, 5) is 10.7. The van der Waals surface area contributed by atoms with Gasteiger partial charge in [0, 0.05) is 5.56 Å². The Balaban J connectivity index is 2.48. The number of methoxy groups -OCH3 is 1. The van der Waals surface area contributed by atoms with Crippen LogP contribution in [0.3, 0.4) is 0 Å². The molecule has 0 unspecified atom stereocenters. The van der Waals surface area contributed by atoms with Gasteiger partial charge in [0.25, 0.3) is 0 Å². The molecule has 0 heterocycles. The van der Waals surface area contributed by atoms with E-state index in [0.717, 1.165) is 27.6 Å². The summed E-state index contributed by atoms with van der Waals surface area (Å²) < 4.78 is 6.16. The molecule has 0 aliphatic carbocycles. The Morgan fingerprint density at radius 1 is 1.12 bits per heavy atom. The van der Waals surface area contributed by atoms with E-state index in [9.17, 15) is 4.79 Å². The highest BCUT2D eigenvalue weighted by molar-refractivity contribution is 9.10. The Kier molecular flexibility index (Phi) is 3.59. The minimum absolute atomic E-state index is 0.671. The van der Waals surface area contributed by atoms with E-state index in [1.807, 2.05) is 36.4 Å². The van der Waals surface area contributed by atoms with E-state index in [0.29, 0.717) is 5.56 Å². The van der Waals surface area contributed by atoms with Crippen LogP contribution in [0.25, 0.3) is 11.1 Å². The molecule has 0 fully saturated rings. The molecule has 2 aromatic carbocycles. The molecule has 86 valence electrons. The Morgan fingerprint density at radius 3 is 2.59 bits per heavy atom. The number of rotatable bonds is 3. The number of carbonyl (C=O) groups excluding carboxylic acids is 1. The van der Waals surface area contributed by atoms with Crippen LogP contribution in [0.15, 0.2) is 46.9 Å². The standard InChI is InChI=1S/C14H11BrO2/c1-17-14-8-12(5-6-13(14)15)11-4-2-3-10(7-11)9-16/h2-9H,1H3. The SMILES string of the molecule is COc1cc(-c2cccc(C=O)c2)ccc1Br. The molecule has 0 N–H and O–H groups in total. The lowest BCUT2D eigenvalue weighted by Gasteiger charge is -2.07. The van der Waals surface area contributed by atoms with Crippen molar-refractivity contribution in [3.63, 3.8) is 0 Å². The number of aldehydes is 1. The van der Waals surface area contributed by atoms with E-state index >= 15 is 0 Å². The van der Waals surface area contributed by atoms with Crippen LogP contribution in [0.1, 0.15) is 10.4 Å². The molecule has 0 amide bonds. The second-order valence-electron chi connectivity index (χ2n) is 3.59. The zero-order chi connectivity index (χ0) is 12.3. The van der Waals surface area contributed by atoms with Crippen LogP contribution in [0.2, 0.25) is 0 Å². The van der Waals surface area contributed by atoms with Gasteiger partial charge in [0.2, 0.25) is 0 Å². The molecule has 3 heteroatoms. The van der Waals surface area contributed by atoms with Crippen LogP contribution in [-0.2, 0) is 0 Å². The molecule has 0 aliphatic rings. The lowest BCUT2D eigenvalue weighted by atomic mass is 10.0. The maximum Gasteiger partial charge on any atom is 0.150 e. The Morgan fingerprint density at radius 2 is 1.88 bits per heavy atom. The minimum Gasteiger partial charge on any atom is -0.496 e. The second kappa shape index (κ2) is 5.15. The molecule has 0 radical (unpaired) electrons. The number of carbonyl (C=O) groups is 1. The summed E-state index contributed by atoms with van der Waals surface area (Å²) in [5, 5.41) is 0. The van der Waals surface area contributed by atoms with Crippen molar-refractivity contribution in [3.8, 4) is 16.9 Å². The summed E-state index contributed by atoms with van der Waals surface area (Å²) in [6, 6.07) is 13.3. The fraction of sp³-hybridized carbons (Fsp3) is 0.0714. The molecule has 17 heavy (non-hydrogen) atoms. The average Bonchev–Trinajstić information content (AvgIpc) is 2.39. The monoisotopic (exact) mass is 290 g/mol. The van der Waals surface area contributed by atoms with Gasteiger partial charge in [-0.15, -0.1) is 0 Å². The van der Waals surface area contributed by atoms with Gasteiger partial charge in [0.05, 0.1) is 11.6 Å². The fourth-order valence-corrected chi connectivity index (χ4v) is 2.04. The first kappa shape index (κ1) is 11.9. The Bertz CT molecular complexity index is 550. The summed E-state index contributed by atoms with van der Waals surface area (Å²) in [5.41, 5.74) is 2.69. The molecule has 0 aromatic heterocycles. The maximum absolute atomic E-state index is 10.7. The lowest BCUT2D eigenvalue weighted by Crippen LogP contribution is -1.87. The molecule has 0 saturated heterocycles. The first-order valence-corrected chi connectivity index (χ1v) is 5.93. The molecule has 0 atom stereocenters. The van der Waals surface area contributed by atoms with Crippen molar-refractivity contribution >= 4 is 22.2 Å². The average molecular weight is 291 g/mol. The molecule has 0 spiro atoms. The summed E-state index contributed by atoms with van der Waals surface area (Å²) in [6.45, 7) is 0. The molecular weight excluding hydrogens is 280 g/mol. The van der Waals surface area contributed by atoms with E-state index in [4.69, 9.17) is 4.74 Å². The number of halogens is 1. The van der Waals surface area contributed by atoms with Crippen molar-refractivity contribution in [2.75, 3.05) is 7.11 Å². The van der Waals surface area contributed by atoms with E-state index in [1.54, 1.807) is 13.2 Å². The van der Waals surface area contributed by atoms with Crippen molar-refractivity contribution in [2.45, 2.75) is 0 Å². The highest BCUT2D eigenvalue weighted by Gasteiger charge is 2.04. The highest BCUT2D eigenvalue weighted by atomic mass is 79.9. The van der Waals surface area contributed by atoms with Gasteiger partial charge >= 0.3 is 0 Å². The fourth-order valence-electron chi connectivity index (χ4n) is 1.63. The summed E-state index contributed by atoms with van der Waals surface area (Å²) in [5.74, 6) is 0.777. The topological polar surface area (TPSA) is 26.3 Å². The highest BCUT2D eigenvalue weighted by Crippen LogP contribution is 2.30. The zero-order valence-electron chi connectivity index (χ0n) is 9.31. The van der Waals surface area contributed by atoms with E-state index < -0.39 is 0 Å². The normalized spacial score (nSPS) is 10.0. The van der Waals surface area contributed by atoms with Gasteiger partial charge in [-0.2, -0.15) is 0 Å². The number of hydrogen-bond donors (Lipinski definition) is 0. The van der Waals surface area contributed by atoms with Gasteiger partial charge in [-0.25, -0.2) is 0 Å². The van der Waals surface area contributed by atoms with Gasteiger partial charge < -0.3 is 4.74 Å². The predicted octanol–water partition coefficient (Wildman–Crippen LogP) is 3.94. The van der Waals surface area contributed by atoms with Crippen molar-refractivity contribution in [1.29, 1.82) is 0 Å². The largest absolute Gasteiger partial charge is 0.496 e. The third-order valence-electron chi connectivity index (χ3n) is 2.51. The van der Waals surface area contributed by atoms with Crippen molar-refractivity contribution in [1.82, 2.24) is 0 Å². The van der Waals surface area contributed by atoms with Gasteiger partial charge in [-0.3, -0.25) is 4.79 Å². The molecule has 0 aliphatic heterocycles.